The molecule has 0 saturated carbocycles. The summed E-state index contributed by atoms with van der Waals surface area (Å²) in [6.07, 6.45) is 3.38. The maximum absolute atomic E-state index is 12.1. The van der Waals surface area contributed by atoms with Crippen LogP contribution in [-0.4, -0.2) is 67.5 Å². The normalized spacial score (nSPS) is 16.8. The van der Waals surface area contributed by atoms with Gasteiger partial charge >= 0.3 is 0 Å². The van der Waals surface area contributed by atoms with Gasteiger partial charge in [0.15, 0.2) is 5.96 Å². The van der Waals surface area contributed by atoms with Crippen molar-refractivity contribution >= 4 is 19.1 Å². The number of unbranched alkanes of at least 4 members (excludes halogenated alkanes) is 2. The number of nitrogens with one attached hydrogen (secondary N) is 3. The molecule has 1 heterocycles. The second-order valence-corrected chi connectivity index (χ2v) is 9.23. The number of rotatable bonds is 7. The molecular weight excluding hydrogens is 287 g/mol. The summed E-state index contributed by atoms with van der Waals surface area (Å²) in [6, 6.07) is 0. The second-order valence-electron chi connectivity index (χ2n) is 5.88. The summed E-state index contributed by atoms with van der Waals surface area (Å²) in [5, 5.41) is 17.9. The largest absolute Gasteiger partial charge is 0.370 e. The summed E-state index contributed by atoms with van der Waals surface area (Å²) in [7, 11) is -1.68. The van der Waals surface area contributed by atoms with Gasteiger partial charge in [-0.25, -0.2) is 0 Å². The van der Waals surface area contributed by atoms with Crippen LogP contribution in [-0.2, 0) is 4.79 Å². The van der Waals surface area contributed by atoms with Crippen LogP contribution in [0.2, 0.25) is 0 Å². The van der Waals surface area contributed by atoms with E-state index in [-0.39, 0.29) is 11.9 Å². The van der Waals surface area contributed by atoms with Crippen LogP contribution < -0.4 is 11.1 Å². The highest BCUT2D eigenvalue weighted by molar-refractivity contribution is 7.61. The zero-order valence-electron chi connectivity index (χ0n) is 13.2. The number of carbonyl (C=O) groups is 1. The number of amides is 1. The Bertz CT molecular complexity index is 399. The van der Waals surface area contributed by atoms with Gasteiger partial charge in [0.05, 0.1) is 0 Å². The van der Waals surface area contributed by atoms with Crippen LogP contribution in [0.25, 0.3) is 0 Å². The van der Waals surface area contributed by atoms with Crippen molar-refractivity contribution in [3.05, 3.63) is 0 Å². The molecule has 1 amide bonds. The summed E-state index contributed by atoms with van der Waals surface area (Å²) < 4.78 is 2.21. The topological polar surface area (TPSA) is 109 Å². The first-order chi connectivity index (χ1) is 9.80. The molecule has 0 aliphatic carbocycles. The Hall–Kier alpha value is -1.07. The highest BCUT2D eigenvalue weighted by Crippen LogP contribution is 2.42. The van der Waals surface area contributed by atoms with E-state index in [2.05, 4.69) is 9.99 Å². The van der Waals surface area contributed by atoms with Gasteiger partial charge in [-0.2, -0.15) is 0 Å². The van der Waals surface area contributed by atoms with Gasteiger partial charge in [-0.05, 0) is 26.2 Å². The first-order valence-corrected chi connectivity index (χ1v) is 10.1. The van der Waals surface area contributed by atoms with Crippen LogP contribution in [0, 0.1) is 10.6 Å². The fourth-order valence-corrected chi connectivity index (χ4v) is 3.58. The zero-order valence-corrected chi connectivity index (χ0v) is 14.1. The highest BCUT2D eigenvalue weighted by Gasteiger charge is 2.24. The number of guanidine groups is 1. The maximum atomic E-state index is 12.1. The number of hydrogen-bond acceptors (Lipinski definition) is 3. The third-order valence-electron chi connectivity index (χ3n) is 3.70. The lowest BCUT2D eigenvalue weighted by atomic mass is 10.1. The molecule has 0 bridgehead atoms. The molecule has 8 heteroatoms. The summed E-state index contributed by atoms with van der Waals surface area (Å²) in [5.41, 5.74) is 5.19. The molecule has 5 N–H and O–H groups in total. The molecule has 122 valence electrons. The molecule has 1 fully saturated rings. The van der Waals surface area contributed by atoms with Gasteiger partial charge in [0.2, 0.25) is 5.91 Å². The van der Waals surface area contributed by atoms with E-state index < -0.39 is 7.21 Å². The SMILES string of the molecule is CP(C)(=N)N1CCN(C(=O)CCCCCNC(=N)N)CC1. The first-order valence-electron chi connectivity index (χ1n) is 7.51. The van der Waals surface area contributed by atoms with Gasteiger partial charge in [0.1, 0.15) is 0 Å². The van der Waals surface area contributed by atoms with Crippen LogP contribution in [0.1, 0.15) is 25.7 Å². The van der Waals surface area contributed by atoms with E-state index in [0.717, 1.165) is 45.4 Å². The molecule has 1 aliphatic rings. The lowest BCUT2D eigenvalue weighted by Crippen LogP contribution is -2.47. The highest BCUT2D eigenvalue weighted by atomic mass is 31.2. The third-order valence-corrected chi connectivity index (χ3v) is 5.51. The Morgan fingerprint density at radius 2 is 1.81 bits per heavy atom. The number of nitrogens with zero attached hydrogens (tertiary/aromatic N) is 2. The summed E-state index contributed by atoms with van der Waals surface area (Å²) in [4.78, 5) is 14.0. The zero-order chi connectivity index (χ0) is 15.9. The fraction of sp³-hybridized carbons (Fsp3) is 0.846. The van der Waals surface area contributed by atoms with Crippen molar-refractivity contribution in [2.24, 2.45) is 5.73 Å². The van der Waals surface area contributed by atoms with Crippen molar-refractivity contribution in [3.63, 3.8) is 0 Å². The molecule has 21 heavy (non-hydrogen) atoms. The Balaban J connectivity index is 2.14. The molecule has 0 atom stereocenters. The van der Waals surface area contributed by atoms with Crippen molar-refractivity contribution < 1.29 is 4.79 Å². The van der Waals surface area contributed by atoms with Crippen molar-refractivity contribution in [2.45, 2.75) is 25.7 Å². The Labute approximate surface area is 127 Å². The van der Waals surface area contributed by atoms with Gasteiger partial charge < -0.3 is 21.1 Å². The van der Waals surface area contributed by atoms with Crippen LogP contribution >= 0.6 is 7.21 Å². The quantitative estimate of drug-likeness (QED) is 0.244. The lowest BCUT2D eigenvalue weighted by Gasteiger charge is -2.38. The average Bonchev–Trinajstić information content (AvgIpc) is 2.41. The molecule has 1 rings (SSSR count). The predicted octanol–water partition coefficient (Wildman–Crippen LogP) is 1.13. The second kappa shape index (κ2) is 8.39. The molecule has 1 saturated heterocycles. The minimum Gasteiger partial charge on any atom is -0.370 e. The number of nitrogens with two attached hydrogens (primary N) is 1. The van der Waals surface area contributed by atoms with Crippen LogP contribution in [0.3, 0.4) is 0 Å². The Morgan fingerprint density at radius 3 is 2.33 bits per heavy atom. The van der Waals surface area contributed by atoms with Gasteiger partial charge in [0, 0.05) is 46.3 Å². The van der Waals surface area contributed by atoms with E-state index in [9.17, 15) is 4.79 Å². The number of piperazine rings is 1. The van der Waals surface area contributed by atoms with Crippen LogP contribution in [0.4, 0.5) is 0 Å². The summed E-state index contributed by atoms with van der Waals surface area (Å²) >= 11 is 0. The monoisotopic (exact) mass is 316 g/mol. The molecule has 0 radical (unpaired) electrons. The van der Waals surface area contributed by atoms with E-state index in [1.165, 1.54) is 0 Å². The van der Waals surface area contributed by atoms with E-state index in [1.54, 1.807) is 0 Å². The van der Waals surface area contributed by atoms with Crippen molar-refractivity contribution in [1.82, 2.24) is 14.9 Å². The average molecular weight is 316 g/mol. The van der Waals surface area contributed by atoms with Crippen molar-refractivity contribution in [3.8, 4) is 0 Å². The standard InChI is InChI=1S/C13H29N6OP/c1-21(2,16)19-10-8-18(9-11-19)12(20)6-4-3-5-7-17-13(14)15/h16H,3-11H2,1-2H3,(H4,14,15,17). The molecule has 0 aromatic carbocycles. The molecule has 0 unspecified atom stereocenters. The van der Waals surface area contributed by atoms with Gasteiger partial charge in [-0.15, -0.1) is 0 Å². The molecule has 0 spiro atoms. The minimum atomic E-state index is -1.68. The molecule has 0 aromatic heterocycles. The van der Waals surface area contributed by atoms with Gasteiger partial charge in [0.25, 0.3) is 0 Å². The van der Waals surface area contributed by atoms with Crippen LogP contribution in [0.5, 0.6) is 0 Å². The summed E-state index contributed by atoms with van der Waals surface area (Å²) in [5.74, 6) is 0.236. The number of carbonyl (C=O) groups excluding carboxylic acids is 1. The lowest BCUT2D eigenvalue weighted by molar-refractivity contribution is -0.132. The van der Waals surface area contributed by atoms with E-state index in [4.69, 9.17) is 16.3 Å². The van der Waals surface area contributed by atoms with E-state index in [1.807, 2.05) is 18.2 Å². The van der Waals surface area contributed by atoms with E-state index >= 15 is 0 Å². The minimum absolute atomic E-state index is 0.00380. The predicted molar refractivity (Wildman–Crippen MR) is 88.0 cm³/mol. The molecule has 0 aromatic rings. The first kappa shape index (κ1) is 18.0. The Morgan fingerprint density at radius 1 is 1.19 bits per heavy atom. The van der Waals surface area contributed by atoms with Gasteiger partial charge in [-0.1, -0.05) is 6.42 Å². The fourth-order valence-electron chi connectivity index (χ4n) is 2.40. The van der Waals surface area contributed by atoms with Crippen LogP contribution in [0.15, 0.2) is 0 Å². The maximum Gasteiger partial charge on any atom is 0.222 e. The smallest absolute Gasteiger partial charge is 0.222 e. The van der Waals surface area contributed by atoms with Crippen molar-refractivity contribution in [1.29, 1.82) is 10.6 Å². The number of hydrogen-bond donors (Lipinski definition) is 4. The molecule has 7 nitrogen and oxygen atoms in total. The molecular formula is C13H29N6OP. The summed E-state index contributed by atoms with van der Waals surface area (Å²) in [6.45, 7) is 7.88. The molecule has 1 aliphatic heterocycles. The van der Waals surface area contributed by atoms with Gasteiger partial charge in [-0.3, -0.25) is 14.9 Å². The Kier molecular flexibility index (Phi) is 7.18. The van der Waals surface area contributed by atoms with Crippen molar-refractivity contribution in [2.75, 3.05) is 46.1 Å². The van der Waals surface area contributed by atoms with E-state index in [0.29, 0.717) is 13.0 Å². The third kappa shape index (κ3) is 6.96.